The van der Waals surface area contributed by atoms with Crippen molar-refractivity contribution in [3.63, 3.8) is 0 Å². The molecule has 0 N–H and O–H groups in total. The molecule has 15 atom stereocenters. The van der Waals surface area contributed by atoms with Crippen LogP contribution < -0.4 is 0 Å². The molecular formula is C89H88O19. The Hall–Kier alpha value is -9.91. The number of esters is 3. The molecule has 3 aliphatic heterocycles. The summed E-state index contributed by atoms with van der Waals surface area (Å²) in [6, 6.07) is 92.9. The van der Waals surface area contributed by atoms with Crippen LogP contribution in [0.15, 0.2) is 303 Å². The fourth-order valence-corrected chi connectivity index (χ4v) is 13.2. The highest BCUT2D eigenvalue weighted by atomic mass is 16.8. The van der Waals surface area contributed by atoms with E-state index in [-0.39, 0.29) is 69.5 Å². The Morgan fingerprint density at radius 3 is 0.815 bits per heavy atom. The molecule has 3 heterocycles. The van der Waals surface area contributed by atoms with Gasteiger partial charge in [-0.2, -0.15) is 0 Å². The first kappa shape index (κ1) is 76.3. The lowest BCUT2D eigenvalue weighted by molar-refractivity contribution is -0.352. The number of ether oxygens (including phenoxy) is 16. The topological polar surface area (TPSA) is 199 Å². The minimum atomic E-state index is -1.73. The zero-order valence-electron chi connectivity index (χ0n) is 59.9. The van der Waals surface area contributed by atoms with Gasteiger partial charge in [0.2, 0.25) is 0 Å². The zero-order valence-corrected chi connectivity index (χ0v) is 59.9. The summed E-state index contributed by atoms with van der Waals surface area (Å²) in [5.74, 6) is -2.56. The average molecular weight is 1460 g/mol. The van der Waals surface area contributed by atoms with Gasteiger partial charge in [0.05, 0.1) is 82.8 Å². The van der Waals surface area contributed by atoms with Gasteiger partial charge < -0.3 is 75.8 Å². The van der Waals surface area contributed by atoms with Crippen LogP contribution in [-0.4, -0.2) is 137 Å². The second kappa shape index (κ2) is 39.8. The Bertz CT molecular complexity index is 4260. The van der Waals surface area contributed by atoms with Gasteiger partial charge in [-0.3, -0.25) is 0 Å². The lowest BCUT2D eigenvalue weighted by atomic mass is 9.96. The monoisotopic (exact) mass is 1460 g/mol. The molecule has 0 saturated carbocycles. The smallest absolute Gasteiger partial charge is 0.338 e. The van der Waals surface area contributed by atoms with Crippen molar-refractivity contribution in [3.05, 3.63) is 359 Å². The van der Waals surface area contributed by atoms with Gasteiger partial charge in [-0.05, 0) is 75.3 Å². The maximum atomic E-state index is 15.1. The molecule has 10 aromatic rings. The van der Waals surface area contributed by atoms with Crippen LogP contribution in [0.3, 0.4) is 0 Å². The van der Waals surface area contributed by atoms with Crippen molar-refractivity contribution in [1.82, 2.24) is 0 Å². The van der Waals surface area contributed by atoms with Crippen LogP contribution in [0.2, 0.25) is 0 Å². The van der Waals surface area contributed by atoms with Crippen LogP contribution in [0.5, 0.6) is 0 Å². The predicted molar refractivity (Wildman–Crippen MR) is 398 cm³/mol. The van der Waals surface area contributed by atoms with Crippen LogP contribution in [0.25, 0.3) is 0 Å². The van der Waals surface area contributed by atoms with E-state index >= 15 is 9.59 Å². The summed E-state index contributed by atoms with van der Waals surface area (Å²) in [4.78, 5) is 45.1. The number of hydrogen-bond acceptors (Lipinski definition) is 19. The molecule has 19 nitrogen and oxygen atoms in total. The number of methoxy groups -OCH3 is 1. The average Bonchev–Trinajstić information content (AvgIpc) is 0.772. The maximum absolute atomic E-state index is 15.1. The number of hydrogen-bond donors (Lipinski definition) is 0. The Kier molecular flexibility index (Phi) is 28.1. The molecule has 0 spiro atoms. The molecule has 0 aromatic heterocycles. The van der Waals surface area contributed by atoms with Crippen LogP contribution in [0.4, 0.5) is 0 Å². The molecular weight excluding hydrogens is 1370 g/mol. The first-order chi connectivity index (χ1) is 53.3. The quantitative estimate of drug-likeness (QED) is 0.0268. The molecule has 108 heavy (non-hydrogen) atoms. The zero-order chi connectivity index (χ0) is 73.9. The van der Waals surface area contributed by atoms with Gasteiger partial charge in [-0.1, -0.05) is 267 Å². The highest BCUT2D eigenvalue weighted by molar-refractivity contribution is 5.91. The molecule has 558 valence electrons. The standard InChI is InChI=1S/C89H88O19/c1-93-87-81(99-57-67-42-22-7-23-43-67)78(97-55-65-38-18-5-19-39-65)76(96-54-64-36-16-4-17-37-64)73(103-87)60-102-89-83(108-86(92)71-50-30-11-31-51-71)80(107-85(91)70-48-28-10-29-49-70)77(106-84(90)69-46-26-9-27-47-69)74(105-89)61-101-88-82(100-58-68-44-24-8-25-45-68)79(98-56-66-40-20-6-21-41-66)75(95-53-63-34-14-3-15-35-63)72(104-88)59-94-52-62-32-12-2-13-33-62/h2-51,72-83,87-89H,52-61H2,1H3/t72-,73-,74-,75-,76-,77-,78+,79+,80+,81-,82-,83-,87+,88+,89-/m1/s1. The summed E-state index contributed by atoms with van der Waals surface area (Å²) in [6.07, 6.45) is -18.4. The highest BCUT2D eigenvalue weighted by Crippen LogP contribution is 2.38. The molecule has 0 amide bonds. The van der Waals surface area contributed by atoms with Crippen molar-refractivity contribution in [2.24, 2.45) is 0 Å². The third-order valence-corrected chi connectivity index (χ3v) is 18.7. The predicted octanol–water partition coefficient (Wildman–Crippen LogP) is 14.2. The molecule has 3 fully saturated rings. The largest absolute Gasteiger partial charge is 0.452 e. The normalized spacial score (nSPS) is 24.1. The van der Waals surface area contributed by atoms with E-state index < -0.39 is 123 Å². The summed E-state index contributed by atoms with van der Waals surface area (Å²) in [7, 11) is 1.51. The maximum Gasteiger partial charge on any atom is 0.338 e. The Labute approximate surface area is 629 Å². The number of carbonyl (C=O) groups is 3. The molecule has 3 saturated heterocycles. The number of carbonyl (C=O) groups excluding carboxylic acids is 3. The van der Waals surface area contributed by atoms with Gasteiger partial charge in [0.15, 0.2) is 37.2 Å². The van der Waals surface area contributed by atoms with E-state index in [1.54, 1.807) is 91.0 Å². The molecule has 0 aliphatic carbocycles. The van der Waals surface area contributed by atoms with Crippen LogP contribution in [0, 0.1) is 0 Å². The van der Waals surface area contributed by atoms with Crippen molar-refractivity contribution >= 4 is 17.9 Å². The van der Waals surface area contributed by atoms with E-state index in [0.29, 0.717) is 0 Å². The lowest BCUT2D eigenvalue weighted by Crippen LogP contribution is -2.65. The molecule has 13 rings (SSSR count). The van der Waals surface area contributed by atoms with Crippen LogP contribution in [0.1, 0.15) is 70.0 Å². The third kappa shape index (κ3) is 21.3. The molecule has 0 unspecified atom stereocenters. The van der Waals surface area contributed by atoms with Gasteiger partial charge in [-0.15, -0.1) is 0 Å². The van der Waals surface area contributed by atoms with E-state index in [2.05, 4.69) is 0 Å². The molecule has 0 bridgehead atoms. The van der Waals surface area contributed by atoms with Gasteiger partial charge in [0.1, 0.15) is 54.9 Å². The first-order valence-corrected chi connectivity index (χ1v) is 36.3. The Balaban J connectivity index is 0.903. The van der Waals surface area contributed by atoms with E-state index in [9.17, 15) is 4.79 Å². The Morgan fingerprint density at radius 2 is 0.481 bits per heavy atom. The van der Waals surface area contributed by atoms with E-state index in [0.717, 1.165) is 38.9 Å². The summed E-state index contributed by atoms with van der Waals surface area (Å²) < 4.78 is 110. The SMILES string of the molecule is CO[C@H]1O[C@H](CO[C@@H]2O[C@H](CO[C@H]3O[C@H](COCc4ccccc4)[C@@H](OCc4ccccc4)[C@H](OCc4ccccc4)[C@H]3OCc3ccccc3)[C@@H](OC(=O)c3ccccc3)[C@H](OC(=O)c3ccccc3)[C@H]2OC(=O)c2ccccc2)[C@@H](OCc2ccccc2)[C@H](OCc2ccccc2)[C@H]1OCc1ccccc1. The van der Waals surface area contributed by atoms with E-state index in [1.807, 2.05) is 212 Å². The number of rotatable bonds is 35. The van der Waals surface area contributed by atoms with Gasteiger partial charge in [-0.25, -0.2) is 14.4 Å². The van der Waals surface area contributed by atoms with Crippen LogP contribution >= 0.6 is 0 Å². The van der Waals surface area contributed by atoms with Crippen molar-refractivity contribution in [2.75, 3.05) is 26.9 Å². The fraction of sp³-hybridized carbons (Fsp3) is 0.292. The molecule has 0 radical (unpaired) electrons. The van der Waals surface area contributed by atoms with Crippen molar-refractivity contribution in [3.8, 4) is 0 Å². The fourth-order valence-electron chi connectivity index (χ4n) is 13.2. The summed E-state index contributed by atoms with van der Waals surface area (Å²) in [5.41, 5.74) is 6.58. The van der Waals surface area contributed by atoms with Crippen LogP contribution in [-0.2, 0) is 122 Å². The van der Waals surface area contributed by atoms with Crippen molar-refractivity contribution in [1.29, 1.82) is 0 Å². The minimum absolute atomic E-state index is 0.00871. The van der Waals surface area contributed by atoms with Gasteiger partial charge >= 0.3 is 17.9 Å². The Morgan fingerprint density at radius 1 is 0.241 bits per heavy atom. The summed E-state index contributed by atoms with van der Waals surface area (Å²) in [5, 5.41) is 0. The molecule has 19 heteroatoms. The van der Waals surface area contributed by atoms with Gasteiger partial charge in [0.25, 0.3) is 0 Å². The van der Waals surface area contributed by atoms with Gasteiger partial charge in [0, 0.05) is 7.11 Å². The minimum Gasteiger partial charge on any atom is -0.452 e. The lowest BCUT2D eigenvalue weighted by Gasteiger charge is -2.48. The van der Waals surface area contributed by atoms with Crippen molar-refractivity contribution in [2.45, 2.75) is 138 Å². The summed E-state index contributed by atoms with van der Waals surface area (Å²) >= 11 is 0. The number of benzene rings is 10. The summed E-state index contributed by atoms with van der Waals surface area (Å²) in [6.45, 7) is 0.0831. The third-order valence-electron chi connectivity index (χ3n) is 18.7. The molecule has 3 aliphatic rings. The van der Waals surface area contributed by atoms with Crippen molar-refractivity contribution < 1.29 is 90.2 Å². The second-order valence-corrected chi connectivity index (χ2v) is 26.3. The first-order valence-electron chi connectivity index (χ1n) is 36.3. The molecule has 10 aromatic carbocycles. The highest BCUT2D eigenvalue weighted by Gasteiger charge is 2.57. The van der Waals surface area contributed by atoms with E-state index in [4.69, 9.17) is 75.8 Å². The van der Waals surface area contributed by atoms with E-state index in [1.165, 1.54) is 7.11 Å². The second-order valence-electron chi connectivity index (χ2n) is 26.3.